The van der Waals surface area contributed by atoms with Crippen LogP contribution in [0.5, 0.6) is 5.75 Å². The average molecular weight is 768 g/mol. The number of primary amides is 1. The molecule has 2 N–H and O–H groups in total. The lowest BCUT2D eigenvalue weighted by Gasteiger charge is -2.27. The van der Waals surface area contributed by atoms with E-state index in [-0.39, 0.29) is 36.0 Å². The van der Waals surface area contributed by atoms with Crippen LogP contribution in [-0.4, -0.2) is 44.1 Å². The number of carbonyl (C=O) groups excluding carboxylic acids is 3. The van der Waals surface area contributed by atoms with Crippen LogP contribution in [0.4, 0.5) is 5.69 Å². The second-order valence-corrected chi connectivity index (χ2v) is 15.3. The first-order chi connectivity index (χ1) is 27.0. The summed E-state index contributed by atoms with van der Waals surface area (Å²) in [5.41, 5.74) is 11.4. The zero-order valence-electron chi connectivity index (χ0n) is 31.0. The number of ether oxygens (including phenoxy) is 2. The molecule has 56 heavy (non-hydrogen) atoms. The van der Waals surface area contributed by atoms with Gasteiger partial charge in [-0.15, -0.1) is 0 Å². The largest absolute Gasteiger partial charge is 0.488 e. The van der Waals surface area contributed by atoms with Crippen LogP contribution in [0.3, 0.4) is 0 Å². The first-order valence-electron chi connectivity index (χ1n) is 17.8. The van der Waals surface area contributed by atoms with Gasteiger partial charge >= 0.3 is 5.97 Å². The highest BCUT2D eigenvalue weighted by Crippen LogP contribution is 2.30. The molecule has 0 radical (unpaired) electrons. The molecule has 2 amide bonds. The Morgan fingerprint density at radius 2 is 1.23 bits per heavy atom. The molecule has 0 bridgehead atoms. The fraction of sp³-hybridized carbons (Fsp3) is 0.133. The van der Waals surface area contributed by atoms with Crippen LogP contribution >= 0.6 is 0 Å². The van der Waals surface area contributed by atoms with Crippen molar-refractivity contribution in [2.75, 3.05) is 18.5 Å². The van der Waals surface area contributed by atoms with E-state index in [0.29, 0.717) is 11.3 Å². The molecule has 0 heterocycles. The van der Waals surface area contributed by atoms with Gasteiger partial charge in [0, 0.05) is 24.4 Å². The Morgan fingerprint density at radius 1 is 0.661 bits per heavy atom. The van der Waals surface area contributed by atoms with Crippen molar-refractivity contribution in [3.8, 4) is 16.9 Å². The molecule has 11 heteroatoms. The molecule has 6 aromatic rings. The normalized spacial score (nSPS) is 11.2. The van der Waals surface area contributed by atoms with Gasteiger partial charge in [-0.3, -0.25) is 9.59 Å². The first-order valence-corrected chi connectivity index (χ1v) is 19.3. The first kappa shape index (κ1) is 39.1. The fourth-order valence-corrected chi connectivity index (χ4v) is 7.01. The van der Waals surface area contributed by atoms with Gasteiger partial charge in [0.25, 0.3) is 0 Å². The number of nitrogens with zero attached hydrogens (tertiary/aromatic N) is 2. The minimum Gasteiger partial charge on any atom is -0.488 e. The smallest absolute Gasteiger partial charge is 0.342 e. The highest BCUT2D eigenvalue weighted by molar-refractivity contribution is 7.89. The van der Waals surface area contributed by atoms with Gasteiger partial charge in [0.2, 0.25) is 21.8 Å². The van der Waals surface area contributed by atoms with Crippen LogP contribution in [0.25, 0.3) is 11.1 Å². The standard InChI is InChI=1S/C45H41N3O7S/c1-32-13-24-40(25-14-32)56(52,53)47(2)29-43(49)48(28-33-15-17-36(18-16-33)37-19-21-38(22-20-37)44(46)50)39-23-26-41(45(51)55-31-35-11-7-4-8-12-35)42(27-39)54-30-34-9-5-3-6-10-34/h3-27H,28-31H2,1-2H3,(H2,46,50). The summed E-state index contributed by atoms with van der Waals surface area (Å²) in [7, 11) is -2.64. The molecule has 6 rings (SSSR count). The minimum atomic E-state index is -4.01. The maximum atomic E-state index is 14.3. The summed E-state index contributed by atoms with van der Waals surface area (Å²) in [5, 5.41) is 0. The summed E-state index contributed by atoms with van der Waals surface area (Å²) in [5.74, 6) is -1.44. The van der Waals surface area contributed by atoms with Gasteiger partial charge < -0.3 is 20.1 Å². The number of benzene rings is 6. The Balaban J connectivity index is 1.33. The van der Waals surface area contributed by atoms with Gasteiger partial charge in [0.15, 0.2) is 0 Å². The quantitative estimate of drug-likeness (QED) is 0.107. The van der Waals surface area contributed by atoms with E-state index < -0.39 is 34.4 Å². The van der Waals surface area contributed by atoms with Crippen molar-refractivity contribution in [3.63, 3.8) is 0 Å². The molecule has 0 aromatic heterocycles. The summed E-state index contributed by atoms with van der Waals surface area (Å²) in [4.78, 5) is 40.9. The molecular weight excluding hydrogens is 727 g/mol. The summed E-state index contributed by atoms with van der Waals surface area (Å²) in [6, 6.07) is 44.4. The molecule has 284 valence electrons. The molecule has 0 aliphatic rings. The second-order valence-electron chi connectivity index (χ2n) is 13.2. The van der Waals surface area contributed by atoms with Crippen LogP contribution < -0.4 is 15.4 Å². The molecule has 0 unspecified atom stereocenters. The summed E-state index contributed by atoms with van der Waals surface area (Å²) in [6.45, 7) is 1.64. The second kappa shape index (κ2) is 17.7. The molecule has 0 saturated carbocycles. The number of anilines is 1. The Morgan fingerprint density at radius 3 is 1.82 bits per heavy atom. The van der Waals surface area contributed by atoms with Crippen LogP contribution in [-0.2, 0) is 39.3 Å². The van der Waals surface area contributed by atoms with Crippen LogP contribution in [0.2, 0.25) is 0 Å². The highest BCUT2D eigenvalue weighted by Gasteiger charge is 2.27. The lowest BCUT2D eigenvalue weighted by atomic mass is 10.0. The molecule has 6 aromatic carbocycles. The average Bonchev–Trinajstić information content (AvgIpc) is 3.22. The maximum Gasteiger partial charge on any atom is 0.342 e. The van der Waals surface area contributed by atoms with Crippen molar-refractivity contribution < 1.29 is 32.3 Å². The molecule has 0 fully saturated rings. The van der Waals surface area contributed by atoms with E-state index in [0.717, 1.165) is 37.7 Å². The maximum absolute atomic E-state index is 14.3. The van der Waals surface area contributed by atoms with Gasteiger partial charge in [-0.05, 0) is 71.1 Å². The Hall–Kier alpha value is -6.56. The third-order valence-corrected chi connectivity index (χ3v) is 10.9. The molecular formula is C45H41N3O7S. The number of sulfonamides is 1. The van der Waals surface area contributed by atoms with Crippen molar-refractivity contribution in [1.82, 2.24) is 4.31 Å². The van der Waals surface area contributed by atoms with Crippen molar-refractivity contribution in [2.24, 2.45) is 5.73 Å². The van der Waals surface area contributed by atoms with Crippen molar-refractivity contribution >= 4 is 33.5 Å². The van der Waals surface area contributed by atoms with Crippen molar-refractivity contribution in [1.29, 1.82) is 0 Å². The molecule has 0 aliphatic heterocycles. The zero-order valence-corrected chi connectivity index (χ0v) is 31.8. The van der Waals surface area contributed by atoms with E-state index >= 15 is 0 Å². The monoisotopic (exact) mass is 767 g/mol. The summed E-state index contributed by atoms with van der Waals surface area (Å²) < 4.78 is 40.0. The fourth-order valence-electron chi connectivity index (χ4n) is 5.89. The SMILES string of the molecule is Cc1ccc(S(=O)(=O)N(C)CC(=O)N(Cc2ccc(-c3ccc(C(N)=O)cc3)cc2)c2ccc(C(=O)OCc3ccccc3)c(OCc3ccccc3)c2)cc1. The van der Waals surface area contributed by atoms with E-state index in [2.05, 4.69) is 0 Å². The van der Waals surface area contributed by atoms with Gasteiger partial charge in [-0.2, -0.15) is 4.31 Å². The zero-order chi connectivity index (χ0) is 39.7. The lowest BCUT2D eigenvalue weighted by molar-refractivity contribution is -0.118. The van der Waals surface area contributed by atoms with Gasteiger partial charge in [0.05, 0.1) is 18.0 Å². The van der Waals surface area contributed by atoms with Gasteiger partial charge in [0.1, 0.15) is 24.5 Å². The number of rotatable bonds is 15. The summed E-state index contributed by atoms with van der Waals surface area (Å²) in [6.07, 6.45) is 0. The van der Waals surface area contributed by atoms with Crippen molar-refractivity contribution in [3.05, 3.63) is 185 Å². The number of nitrogens with two attached hydrogens (primary N) is 1. The van der Waals surface area contributed by atoms with Gasteiger partial charge in [-0.1, -0.05) is 115 Å². The number of amides is 2. The third kappa shape index (κ3) is 9.75. The molecule has 10 nitrogen and oxygen atoms in total. The Bertz CT molecular complexity index is 2400. The number of likely N-dealkylation sites (N-methyl/N-ethyl adjacent to an activating group) is 1. The highest BCUT2D eigenvalue weighted by atomic mass is 32.2. The number of hydrogen-bond acceptors (Lipinski definition) is 7. The van der Waals surface area contributed by atoms with E-state index in [9.17, 15) is 22.8 Å². The van der Waals surface area contributed by atoms with Crippen molar-refractivity contribution in [2.45, 2.75) is 31.6 Å². The predicted octanol–water partition coefficient (Wildman–Crippen LogP) is 7.55. The lowest BCUT2D eigenvalue weighted by Crippen LogP contribution is -2.41. The topological polar surface area (TPSA) is 136 Å². The molecule has 0 spiro atoms. The molecule has 0 atom stereocenters. The van der Waals surface area contributed by atoms with E-state index in [1.807, 2.05) is 91.9 Å². The summed E-state index contributed by atoms with van der Waals surface area (Å²) >= 11 is 0. The van der Waals surface area contributed by atoms with Crippen LogP contribution in [0.15, 0.2) is 157 Å². The van der Waals surface area contributed by atoms with E-state index in [1.165, 1.54) is 24.1 Å². The minimum absolute atomic E-state index is 0.0528. The number of carbonyl (C=O) groups is 3. The third-order valence-electron chi connectivity index (χ3n) is 9.13. The molecule has 0 aliphatic carbocycles. The Labute approximate surface area is 326 Å². The van der Waals surface area contributed by atoms with E-state index in [1.54, 1.807) is 54.6 Å². The number of hydrogen-bond donors (Lipinski definition) is 1. The van der Waals surface area contributed by atoms with Crippen LogP contribution in [0, 0.1) is 6.92 Å². The Kier molecular flexibility index (Phi) is 12.4. The van der Waals surface area contributed by atoms with E-state index in [4.69, 9.17) is 15.2 Å². The number of aryl methyl sites for hydroxylation is 1. The van der Waals surface area contributed by atoms with Crippen LogP contribution in [0.1, 0.15) is 43.0 Å². The molecule has 0 saturated heterocycles. The number of esters is 1. The predicted molar refractivity (Wildman–Crippen MR) is 215 cm³/mol. The van der Waals surface area contributed by atoms with Gasteiger partial charge in [-0.25, -0.2) is 13.2 Å².